The summed E-state index contributed by atoms with van der Waals surface area (Å²) < 4.78 is 20.4. The summed E-state index contributed by atoms with van der Waals surface area (Å²) in [5.74, 6) is 0.0479. The molecule has 1 aliphatic rings. The summed E-state index contributed by atoms with van der Waals surface area (Å²) in [6.45, 7) is 7.52. The average molecular weight is 486 g/mol. The fourth-order valence-corrected chi connectivity index (χ4v) is 4.50. The quantitative estimate of drug-likeness (QED) is 0.442. The molecular weight excluding hydrogens is 457 g/mol. The van der Waals surface area contributed by atoms with Crippen LogP contribution in [0.5, 0.6) is 0 Å². The highest BCUT2D eigenvalue weighted by Crippen LogP contribution is 2.25. The number of anilines is 1. The molecule has 0 spiro atoms. The Hall–Kier alpha value is -3.91. The number of ether oxygens (including phenoxy) is 1. The highest BCUT2D eigenvalue weighted by atomic mass is 19.1. The van der Waals surface area contributed by atoms with Crippen LogP contribution in [0.4, 0.5) is 10.2 Å². The molecule has 0 aliphatic carbocycles. The van der Waals surface area contributed by atoms with E-state index in [0.717, 1.165) is 10.9 Å². The first-order valence-corrected chi connectivity index (χ1v) is 12.0. The summed E-state index contributed by atoms with van der Waals surface area (Å²) in [5.41, 5.74) is 4.03. The number of nitrogens with one attached hydrogen (secondary N) is 1. The van der Waals surface area contributed by atoms with Gasteiger partial charge < -0.3 is 15.0 Å². The second-order valence-electron chi connectivity index (χ2n) is 9.31. The van der Waals surface area contributed by atoms with Gasteiger partial charge in [0.05, 0.1) is 41.4 Å². The number of fused-ring (bicyclic) bond motifs is 1. The molecule has 1 aromatic carbocycles. The number of benzene rings is 1. The first-order chi connectivity index (χ1) is 17.3. The van der Waals surface area contributed by atoms with Crippen molar-refractivity contribution in [3.8, 4) is 11.4 Å². The molecule has 1 saturated heterocycles. The second kappa shape index (κ2) is 9.99. The van der Waals surface area contributed by atoms with Crippen molar-refractivity contribution < 1.29 is 13.9 Å². The van der Waals surface area contributed by atoms with E-state index in [9.17, 15) is 9.18 Å². The molecule has 8 heteroatoms. The van der Waals surface area contributed by atoms with Crippen LogP contribution in [0, 0.1) is 12.7 Å². The Balaban J connectivity index is 1.38. The van der Waals surface area contributed by atoms with E-state index in [1.807, 2.05) is 62.1 Å². The number of carbonyl (C=O) groups excluding carboxylic acids is 1. The number of hydrogen-bond acceptors (Lipinski definition) is 6. The van der Waals surface area contributed by atoms with Gasteiger partial charge in [-0.25, -0.2) is 14.4 Å². The van der Waals surface area contributed by atoms with Gasteiger partial charge in [0.2, 0.25) is 0 Å². The molecule has 1 N–H and O–H groups in total. The van der Waals surface area contributed by atoms with Gasteiger partial charge in [-0.3, -0.25) is 9.78 Å². The summed E-state index contributed by atoms with van der Waals surface area (Å²) in [4.78, 5) is 28.4. The smallest absolute Gasteiger partial charge is 0.251 e. The van der Waals surface area contributed by atoms with E-state index in [1.54, 1.807) is 12.3 Å². The van der Waals surface area contributed by atoms with Gasteiger partial charge in [0.25, 0.3) is 5.91 Å². The van der Waals surface area contributed by atoms with Gasteiger partial charge >= 0.3 is 0 Å². The Morgan fingerprint density at radius 2 is 1.86 bits per heavy atom. The molecule has 0 radical (unpaired) electrons. The molecule has 5 rings (SSSR count). The van der Waals surface area contributed by atoms with Crippen LogP contribution in [0.15, 0.2) is 60.8 Å². The largest absolute Gasteiger partial charge is 0.372 e. The number of nitrogens with zero attached hydrogens (tertiary/aromatic N) is 4. The molecule has 0 unspecified atom stereocenters. The van der Waals surface area contributed by atoms with Gasteiger partial charge in [0.15, 0.2) is 0 Å². The van der Waals surface area contributed by atoms with Crippen LogP contribution < -0.4 is 10.2 Å². The molecule has 3 aromatic heterocycles. The van der Waals surface area contributed by atoms with Crippen LogP contribution in [-0.4, -0.2) is 46.2 Å². The molecule has 2 atom stereocenters. The summed E-state index contributed by atoms with van der Waals surface area (Å²) >= 11 is 0. The zero-order chi connectivity index (χ0) is 25.2. The van der Waals surface area contributed by atoms with Crippen LogP contribution in [0.25, 0.3) is 22.3 Å². The number of aryl methyl sites for hydroxylation is 1. The number of hydrogen-bond donors (Lipinski definition) is 1. The monoisotopic (exact) mass is 485 g/mol. The molecular formula is C28H28FN5O2. The van der Waals surface area contributed by atoms with E-state index in [4.69, 9.17) is 14.7 Å². The van der Waals surface area contributed by atoms with Crippen LogP contribution in [0.1, 0.15) is 35.5 Å². The second-order valence-corrected chi connectivity index (χ2v) is 9.31. The lowest BCUT2D eigenvalue weighted by molar-refractivity contribution is -0.00547. The normalized spacial score (nSPS) is 17.8. The lowest BCUT2D eigenvalue weighted by atomic mass is 10.1. The standard InChI is InChI=1S/C28H28FN5O2/c1-17-5-4-6-20(9-17)28(35)31-14-23-12-25-21(13-30-23)7-8-24(32-25)26-10-22(29)11-27(33-26)34-15-18(2)36-19(3)16-34/h4-13,18-19H,14-16H2,1-3H3,(H,31,35)/t18-,19+. The van der Waals surface area contributed by atoms with E-state index in [-0.39, 0.29) is 30.5 Å². The Labute approximate surface area is 209 Å². The van der Waals surface area contributed by atoms with Crippen molar-refractivity contribution >= 4 is 22.6 Å². The van der Waals surface area contributed by atoms with Crippen molar-refractivity contribution in [3.63, 3.8) is 0 Å². The number of rotatable bonds is 5. The van der Waals surface area contributed by atoms with Crippen molar-refractivity contribution in [3.05, 3.63) is 83.4 Å². The van der Waals surface area contributed by atoms with E-state index in [2.05, 4.69) is 10.3 Å². The maximum atomic E-state index is 14.6. The zero-order valence-electron chi connectivity index (χ0n) is 20.5. The van der Waals surface area contributed by atoms with Crippen LogP contribution >= 0.6 is 0 Å². The zero-order valence-corrected chi connectivity index (χ0v) is 20.5. The van der Waals surface area contributed by atoms with Crippen molar-refractivity contribution in [1.82, 2.24) is 20.3 Å². The third-order valence-corrected chi connectivity index (χ3v) is 6.12. The molecule has 1 fully saturated rings. The molecule has 184 valence electrons. The minimum atomic E-state index is -0.363. The van der Waals surface area contributed by atoms with E-state index < -0.39 is 0 Å². The van der Waals surface area contributed by atoms with Crippen LogP contribution in [0.2, 0.25) is 0 Å². The number of pyridine rings is 3. The Kier molecular flexibility index (Phi) is 6.61. The van der Waals surface area contributed by atoms with Crippen molar-refractivity contribution in [2.45, 2.75) is 39.5 Å². The lowest BCUT2D eigenvalue weighted by Crippen LogP contribution is -2.45. The van der Waals surface area contributed by atoms with Crippen molar-refractivity contribution in [2.75, 3.05) is 18.0 Å². The summed E-state index contributed by atoms with van der Waals surface area (Å²) in [6.07, 6.45) is 1.80. The molecule has 4 aromatic rings. The predicted octanol–water partition coefficient (Wildman–Crippen LogP) is 4.68. The van der Waals surface area contributed by atoms with E-state index in [1.165, 1.54) is 12.1 Å². The number of morpholine rings is 1. The SMILES string of the molecule is Cc1cccc(C(=O)NCc2cc3nc(-c4cc(F)cc(N5C[C@@H](C)O[C@@H](C)C5)n4)ccc3cn2)c1. The third-order valence-electron chi connectivity index (χ3n) is 6.12. The predicted molar refractivity (Wildman–Crippen MR) is 137 cm³/mol. The molecule has 36 heavy (non-hydrogen) atoms. The van der Waals surface area contributed by atoms with Crippen LogP contribution in [0.3, 0.4) is 0 Å². The summed E-state index contributed by atoms with van der Waals surface area (Å²) in [7, 11) is 0. The number of carbonyl (C=O) groups is 1. The Bertz CT molecular complexity index is 1420. The fraction of sp³-hybridized carbons (Fsp3) is 0.286. The molecule has 4 heterocycles. The molecule has 1 aliphatic heterocycles. The first kappa shape index (κ1) is 23.8. The molecule has 1 amide bonds. The van der Waals surface area contributed by atoms with E-state index >= 15 is 0 Å². The highest BCUT2D eigenvalue weighted by molar-refractivity contribution is 5.94. The maximum absolute atomic E-state index is 14.6. The van der Waals surface area contributed by atoms with Crippen molar-refractivity contribution in [1.29, 1.82) is 0 Å². The van der Waals surface area contributed by atoms with Gasteiger partial charge in [0.1, 0.15) is 11.6 Å². The average Bonchev–Trinajstić information content (AvgIpc) is 2.86. The van der Waals surface area contributed by atoms with Gasteiger partial charge in [-0.05, 0) is 51.1 Å². The molecule has 0 saturated carbocycles. The number of amides is 1. The van der Waals surface area contributed by atoms with Gasteiger partial charge in [-0.15, -0.1) is 0 Å². The van der Waals surface area contributed by atoms with Gasteiger partial charge in [-0.1, -0.05) is 17.7 Å². The third kappa shape index (κ3) is 5.33. The summed E-state index contributed by atoms with van der Waals surface area (Å²) in [6, 6.07) is 15.8. The Morgan fingerprint density at radius 3 is 2.64 bits per heavy atom. The molecule has 7 nitrogen and oxygen atoms in total. The minimum absolute atomic E-state index is 0.0402. The lowest BCUT2D eigenvalue weighted by Gasteiger charge is -2.36. The maximum Gasteiger partial charge on any atom is 0.251 e. The Morgan fingerprint density at radius 1 is 1.06 bits per heavy atom. The van der Waals surface area contributed by atoms with Crippen LogP contribution in [-0.2, 0) is 11.3 Å². The highest BCUT2D eigenvalue weighted by Gasteiger charge is 2.24. The number of aromatic nitrogens is 3. The molecule has 0 bridgehead atoms. The fourth-order valence-electron chi connectivity index (χ4n) is 4.50. The number of halogens is 1. The van der Waals surface area contributed by atoms with Gasteiger partial charge in [-0.2, -0.15) is 0 Å². The summed E-state index contributed by atoms with van der Waals surface area (Å²) in [5, 5.41) is 3.75. The van der Waals surface area contributed by atoms with E-state index in [0.29, 0.717) is 47.1 Å². The topological polar surface area (TPSA) is 80.2 Å². The first-order valence-electron chi connectivity index (χ1n) is 12.0. The minimum Gasteiger partial charge on any atom is -0.372 e. The van der Waals surface area contributed by atoms with Gasteiger partial charge in [0, 0.05) is 42.4 Å². The van der Waals surface area contributed by atoms with Crippen molar-refractivity contribution in [2.24, 2.45) is 0 Å².